The number of hydrogen-bond acceptors (Lipinski definition) is 9. The summed E-state index contributed by atoms with van der Waals surface area (Å²) in [6, 6.07) is 15.3. The minimum Gasteiger partial charge on any atom is -0.486 e. The predicted octanol–water partition coefficient (Wildman–Crippen LogP) is 5.90. The van der Waals surface area contributed by atoms with E-state index in [2.05, 4.69) is 29.2 Å². The number of rotatable bonds is 17. The number of unbranched alkanes of at least 4 members (excludes halogenated alkanes) is 2. The summed E-state index contributed by atoms with van der Waals surface area (Å²) < 4.78 is 9.52. The van der Waals surface area contributed by atoms with Gasteiger partial charge in [0.1, 0.15) is 34.3 Å². The normalized spacial score (nSPS) is 18.4. The zero-order chi connectivity index (χ0) is 37.1. The van der Waals surface area contributed by atoms with Crippen LogP contribution in [0.3, 0.4) is 0 Å². The molecule has 1 heterocycles. The summed E-state index contributed by atoms with van der Waals surface area (Å²) in [6.45, 7) is 7.01. The van der Waals surface area contributed by atoms with Gasteiger partial charge in [0.15, 0.2) is 6.61 Å². The van der Waals surface area contributed by atoms with Gasteiger partial charge in [-0.3, -0.25) is 24.1 Å². The number of allylic oxidation sites excluding steroid dienone is 2. The Hall–Kier alpha value is -4.07. The van der Waals surface area contributed by atoms with Crippen LogP contribution in [0.4, 0.5) is 5.69 Å². The third kappa shape index (κ3) is 9.43. The number of benzene rings is 2. The van der Waals surface area contributed by atoms with Crippen molar-refractivity contribution in [2.75, 3.05) is 17.8 Å². The van der Waals surface area contributed by atoms with Crippen molar-refractivity contribution in [1.82, 2.24) is 15.4 Å². The van der Waals surface area contributed by atoms with Crippen LogP contribution < -0.4 is 20.3 Å². The molecular weight excluding hydrogens is 689 g/mol. The van der Waals surface area contributed by atoms with Gasteiger partial charge in [-0.1, -0.05) is 102 Å². The van der Waals surface area contributed by atoms with Gasteiger partial charge in [0.2, 0.25) is 11.7 Å². The van der Waals surface area contributed by atoms with Crippen LogP contribution in [0, 0.1) is 5.92 Å². The van der Waals surface area contributed by atoms with E-state index < -0.39 is 53.2 Å². The quantitative estimate of drug-likeness (QED) is 0.144. The highest BCUT2D eigenvalue weighted by molar-refractivity contribution is 8.01. The maximum Gasteiger partial charge on any atom is 0.326 e. The Kier molecular flexibility index (Phi) is 14.4. The highest BCUT2D eigenvalue weighted by Crippen LogP contribution is 2.43. The number of carbonyl (C=O) groups excluding carboxylic acids is 4. The molecule has 2 aromatic carbocycles. The molecule has 274 valence electrons. The molecule has 0 bridgehead atoms. The number of ether oxygens (including phenoxy) is 1. The fraction of sp³-hybridized carbons (Fsp3) is 0.447. The first kappa shape index (κ1) is 39.7. The van der Waals surface area contributed by atoms with E-state index in [0.29, 0.717) is 29.0 Å². The molecule has 3 atom stereocenters. The molecule has 0 saturated heterocycles. The third-order valence-corrected chi connectivity index (χ3v) is 10.8. The molecule has 4 N–H and O–H groups in total. The summed E-state index contributed by atoms with van der Waals surface area (Å²) in [4.78, 5) is 69.7. The second-order valence-corrected chi connectivity index (χ2v) is 14.8. The van der Waals surface area contributed by atoms with Gasteiger partial charge in [-0.25, -0.2) is 9.52 Å². The van der Waals surface area contributed by atoms with Gasteiger partial charge in [0.05, 0.1) is 4.91 Å². The smallest absolute Gasteiger partial charge is 0.326 e. The van der Waals surface area contributed by atoms with Gasteiger partial charge in [-0.15, -0.1) is 11.8 Å². The number of carbonyl (C=O) groups is 5. The Labute approximate surface area is 308 Å². The number of anilines is 1. The average molecular weight is 737 g/mol. The number of hydrogen-bond donors (Lipinski definition) is 4. The topological polar surface area (TPSA) is 154 Å². The summed E-state index contributed by atoms with van der Waals surface area (Å²) in [5.41, 5.74) is 0.403. The van der Waals surface area contributed by atoms with Gasteiger partial charge in [-0.2, -0.15) is 0 Å². The van der Waals surface area contributed by atoms with E-state index in [-0.39, 0.29) is 23.1 Å². The highest BCUT2D eigenvalue weighted by atomic mass is 32.2. The largest absolute Gasteiger partial charge is 0.486 e. The number of amides is 3. The van der Waals surface area contributed by atoms with E-state index in [1.165, 1.54) is 23.7 Å². The molecule has 3 amide bonds. The molecule has 1 unspecified atom stereocenters. The van der Waals surface area contributed by atoms with E-state index in [4.69, 9.17) is 4.74 Å². The lowest BCUT2D eigenvalue weighted by atomic mass is 9.86. The van der Waals surface area contributed by atoms with Crippen LogP contribution in [-0.4, -0.2) is 64.3 Å². The predicted molar refractivity (Wildman–Crippen MR) is 202 cm³/mol. The van der Waals surface area contributed by atoms with E-state index >= 15 is 0 Å². The minimum atomic E-state index is -1.19. The van der Waals surface area contributed by atoms with E-state index in [0.717, 1.165) is 25.7 Å². The van der Waals surface area contributed by atoms with Crippen molar-refractivity contribution in [2.24, 2.45) is 5.92 Å². The van der Waals surface area contributed by atoms with Crippen molar-refractivity contribution in [3.63, 3.8) is 0 Å². The van der Waals surface area contributed by atoms with Crippen molar-refractivity contribution in [2.45, 2.75) is 89.1 Å². The number of para-hydroxylation sites is 1. The van der Waals surface area contributed by atoms with Crippen molar-refractivity contribution in [1.29, 1.82) is 0 Å². The molecule has 2 aromatic rings. The molecule has 0 radical (unpaired) electrons. The fourth-order valence-corrected chi connectivity index (χ4v) is 7.82. The Morgan fingerprint density at radius 1 is 0.980 bits per heavy atom. The fourth-order valence-electron chi connectivity index (χ4n) is 6.07. The van der Waals surface area contributed by atoms with Crippen LogP contribution in [-0.2, 0) is 28.7 Å². The number of carboxylic acids is 1. The van der Waals surface area contributed by atoms with Gasteiger partial charge >= 0.3 is 5.97 Å². The SMILES string of the molecule is CCCCC1(CCCC)NSC2=C(C(=O)C(SC)C(OCC(=O)N[C@@H](C(=O)N[C@H](C(=O)O)C(C)C)c3ccccc3)=C2)N(c2ccccc2)C1=O. The second kappa shape index (κ2) is 18.4. The lowest BCUT2D eigenvalue weighted by Crippen LogP contribution is -2.55. The zero-order valence-corrected chi connectivity index (χ0v) is 31.4. The number of ketones is 1. The van der Waals surface area contributed by atoms with Crippen LogP contribution in [0.5, 0.6) is 0 Å². The van der Waals surface area contributed by atoms with Gasteiger partial charge in [0, 0.05) is 5.69 Å². The number of nitrogens with zero attached hydrogens (tertiary/aromatic N) is 1. The number of aliphatic carboxylic acids is 1. The highest BCUT2D eigenvalue weighted by Gasteiger charge is 2.48. The van der Waals surface area contributed by atoms with Gasteiger partial charge < -0.3 is 20.5 Å². The van der Waals surface area contributed by atoms with E-state index in [1.807, 2.05) is 30.3 Å². The second-order valence-electron chi connectivity index (χ2n) is 13.0. The minimum absolute atomic E-state index is 0.175. The van der Waals surface area contributed by atoms with Crippen LogP contribution in [0.1, 0.15) is 77.8 Å². The molecule has 51 heavy (non-hydrogen) atoms. The summed E-state index contributed by atoms with van der Waals surface area (Å²) in [7, 11) is 0. The van der Waals surface area contributed by atoms with Crippen LogP contribution in [0.15, 0.2) is 83.1 Å². The van der Waals surface area contributed by atoms with Crippen LogP contribution in [0.25, 0.3) is 0 Å². The van der Waals surface area contributed by atoms with Crippen molar-refractivity contribution in [3.8, 4) is 0 Å². The molecule has 4 rings (SSSR count). The number of carboxylic acid groups (broad SMARTS) is 1. The summed E-state index contributed by atoms with van der Waals surface area (Å²) in [5.74, 6) is -3.15. The molecule has 13 heteroatoms. The molecule has 11 nitrogen and oxygen atoms in total. The monoisotopic (exact) mass is 736 g/mol. The Morgan fingerprint density at radius 2 is 1.59 bits per heavy atom. The first-order valence-electron chi connectivity index (χ1n) is 17.3. The number of Topliss-reactive ketones (excluding diaryl/α,β-unsaturated/α-hetero) is 1. The average Bonchev–Trinajstić information content (AvgIpc) is 3.24. The first-order chi connectivity index (χ1) is 24.5. The maximum absolute atomic E-state index is 14.7. The Morgan fingerprint density at radius 3 is 2.14 bits per heavy atom. The maximum atomic E-state index is 14.7. The lowest BCUT2D eigenvalue weighted by Gasteiger charge is -2.36. The molecule has 0 fully saturated rings. The third-order valence-electron chi connectivity index (χ3n) is 8.89. The number of nitrogens with one attached hydrogen (secondary N) is 3. The van der Waals surface area contributed by atoms with Crippen molar-refractivity contribution in [3.05, 3.63) is 88.7 Å². The summed E-state index contributed by atoms with van der Waals surface area (Å²) >= 11 is 2.47. The number of thioether (sulfide) groups is 1. The first-order valence-corrected chi connectivity index (χ1v) is 19.4. The lowest BCUT2D eigenvalue weighted by molar-refractivity contribution is -0.143. The molecule has 2 aliphatic rings. The van der Waals surface area contributed by atoms with Gasteiger partial charge in [0.25, 0.3) is 11.8 Å². The van der Waals surface area contributed by atoms with E-state index in [1.54, 1.807) is 61.4 Å². The molecule has 0 spiro atoms. The molecule has 0 saturated carbocycles. The van der Waals surface area contributed by atoms with Gasteiger partial charge in [-0.05, 0) is 60.7 Å². The van der Waals surface area contributed by atoms with Crippen LogP contribution in [0.2, 0.25) is 0 Å². The van der Waals surface area contributed by atoms with E-state index in [9.17, 15) is 29.1 Å². The molecule has 0 aromatic heterocycles. The Balaban J connectivity index is 1.65. The molecule has 1 aliphatic carbocycles. The molecule has 1 aliphatic heterocycles. The Bertz CT molecular complexity index is 1620. The summed E-state index contributed by atoms with van der Waals surface area (Å²) in [6.07, 6.45) is 8.15. The summed E-state index contributed by atoms with van der Waals surface area (Å²) in [5, 5.41) is 14.0. The molecular formula is C38H48N4O7S2. The standard InChI is InChI=1S/C38H48N4O7S2/c1-6-8-20-38(21-9-7-2)37(48)42(26-18-14-11-15-19-26)32-28(51-41-38)22-27(34(50-5)33(32)44)49-23-29(43)39-31(25-16-12-10-13-17-25)35(45)40-30(24(3)4)36(46)47/h10-19,22,24,30-31,34,41H,6-9,20-21,23H2,1-5H3,(H,39,43)(H,40,45)(H,46,47)/t30-,31+,34?/m0/s1. The zero-order valence-electron chi connectivity index (χ0n) is 29.8. The van der Waals surface area contributed by atoms with Crippen molar-refractivity contribution < 1.29 is 33.8 Å². The van der Waals surface area contributed by atoms with Crippen molar-refractivity contribution >= 4 is 58.9 Å². The van der Waals surface area contributed by atoms with Crippen LogP contribution >= 0.6 is 23.7 Å².